The van der Waals surface area contributed by atoms with Crippen LogP contribution in [0.4, 0.5) is 0 Å². The standard InChI is InChI=1S/C26H32Cl3N3O4S/c1-31(2)26(18-6-4-3-5-7-18)11-8-20(9-12-26)30-24(33)17-36-21-10-13-32(16-21)37(34,35)25-22(28)14-19(27)15-23(25)29/h3-7,14-15,20-21H,8-13,16-17H2,1-2H3,(H,30,33). The lowest BCUT2D eigenvalue weighted by atomic mass is 9.74. The maximum Gasteiger partial charge on any atom is 0.246 e. The van der Waals surface area contributed by atoms with Crippen molar-refractivity contribution in [3.8, 4) is 0 Å². The van der Waals surface area contributed by atoms with E-state index in [2.05, 4.69) is 48.6 Å². The van der Waals surface area contributed by atoms with Crippen molar-refractivity contribution in [2.24, 2.45) is 0 Å². The van der Waals surface area contributed by atoms with Crippen LogP contribution in [0.25, 0.3) is 0 Å². The molecule has 0 bridgehead atoms. The first-order chi connectivity index (χ1) is 17.5. The van der Waals surface area contributed by atoms with Crippen molar-refractivity contribution < 1.29 is 17.9 Å². The third-order valence-corrected chi connectivity index (χ3v) is 10.5. The second kappa shape index (κ2) is 11.8. The first-order valence-corrected chi connectivity index (χ1v) is 14.9. The van der Waals surface area contributed by atoms with E-state index in [0.29, 0.717) is 6.42 Å². The molecule has 2 aromatic rings. The second-order valence-electron chi connectivity index (χ2n) is 9.92. The molecular weight excluding hydrogens is 557 g/mol. The minimum Gasteiger partial charge on any atom is -0.367 e. The van der Waals surface area contributed by atoms with Crippen LogP contribution in [0.2, 0.25) is 15.1 Å². The Bertz CT molecular complexity index is 1200. The number of hydrogen-bond donors (Lipinski definition) is 1. The van der Waals surface area contributed by atoms with Crippen molar-refractivity contribution >= 4 is 50.7 Å². The number of nitrogens with zero attached hydrogens (tertiary/aromatic N) is 2. The molecule has 1 saturated carbocycles. The number of sulfonamides is 1. The number of carbonyl (C=O) groups is 1. The van der Waals surface area contributed by atoms with Crippen molar-refractivity contribution in [1.29, 1.82) is 0 Å². The molecule has 202 valence electrons. The number of nitrogens with one attached hydrogen (secondary N) is 1. The van der Waals surface area contributed by atoms with Crippen molar-refractivity contribution in [3.63, 3.8) is 0 Å². The highest BCUT2D eigenvalue weighted by Gasteiger charge is 2.39. The zero-order valence-electron chi connectivity index (χ0n) is 20.9. The fourth-order valence-corrected chi connectivity index (χ4v) is 8.38. The highest BCUT2D eigenvalue weighted by Crippen LogP contribution is 2.41. The van der Waals surface area contributed by atoms with Gasteiger partial charge in [-0.15, -0.1) is 0 Å². The van der Waals surface area contributed by atoms with Gasteiger partial charge in [0.05, 0.1) is 16.1 Å². The molecule has 2 aliphatic rings. The van der Waals surface area contributed by atoms with Gasteiger partial charge in [0.15, 0.2) is 0 Å². The molecular formula is C26H32Cl3N3O4S. The molecule has 1 atom stereocenters. The van der Waals surface area contributed by atoms with Crippen LogP contribution in [-0.2, 0) is 25.1 Å². The lowest BCUT2D eigenvalue weighted by molar-refractivity contribution is -0.128. The Labute approximate surface area is 234 Å². The van der Waals surface area contributed by atoms with Crippen LogP contribution in [0.5, 0.6) is 0 Å². The van der Waals surface area contributed by atoms with Crippen LogP contribution in [0.1, 0.15) is 37.7 Å². The minimum absolute atomic E-state index is 0.0284. The summed E-state index contributed by atoms with van der Waals surface area (Å²) in [6.07, 6.45) is 3.72. The molecule has 4 rings (SSSR count). The van der Waals surface area contributed by atoms with Crippen LogP contribution < -0.4 is 5.32 Å². The number of benzene rings is 2. The molecule has 0 radical (unpaired) electrons. The Kier molecular flexibility index (Phi) is 9.11. The molecule has 11 heteroatoms. The summed E-state index contributed by atoms with van der Waals surface area (Å²) in [6.45, 7) is 0.254. The molecule has 1 saturated heterocycles. The van der Waals surface area contributed by atoms with Gasteiger partial charge in [0.1, 0.15) is 11.5 Å². The van der Waals surface area contributed by atoms with Gasteiger partial charge in [0, 0.05) is 29.7 Å². The molecule has 0 spiro atoms. The third-order valence-electron chi connectivity index (χ3n) is 7.46. The van der Waals surface area contributed by atoms with Crippen LogP contribution in [0.3, 0.4) is 0 Å². The van der Waals surface area contributed by atoms with Crippen LogP contribution >= 0.6 is 34.8 Å². The van der Waals surface area contributed by atoms with Crippen LogP contribution in [0.15, 0.2) is 47.4 Å². The van der Waals surface area contributed by atoms with Crippen LogP contribution in [0, 0.1) is 0 Å². The first kappa shape index (κ1) is 28.6. The second-order valence-corrected chi connectivity index (χ2v) is 13.0. The summed E-state index contributed by atoms with van der Waals surface area (Å²) in [6, 6.07) is 13.3. The predicted molar refractivity (Wildman–Crippen MR) is 147 cm³/mol. The largest absolute Gasteiger partial charge is 0.367 e. The van der Waals surface area contributed by atoms with E-state index >= 15 is 0 Å². The molecule has 2 fully saturated rings. The quantitative estimate of drug-likeness (QED) is 0.473. The minimum atomic E-state index is -3.93. The van der Waals surface area contributed by atoms with Gasteiger partial charge in [-0.05, 0) is 63.9 Å². The highest BCUT2D eigenvalue weighted by molar-refractivity contribution is 7.89. The molecule has 1 aliphatic carbocycles. The van der Waals surface area contributed by atoms with E-state index in [1.807, 2.05) is 6.07 Å². The van der Waals surface area contributed by atoms with Crippen molar-refractivity contribution in [3.05, 3.63) is 63.1 Å². The summed E-state index contributed by atoms with van der Waals surface area (Å²) >= 11 is 18.2. The lowest BCUT2D eigenvalue weighted by Crippen LogP contribution is -2.49. The number of amides is 1. The predicted octanol–water partition coefficient (Wildman–Crippen LogP) is 4.94. The molecule has 1 amide bonds. The van der Waals surface area contributed by atoms with E-state index < -0.39 is 16.1 Å². The number of rotatable bonds is 8. The normalized spacial score (nSPS) is 24.9. The lowest BCUT2D eigenvalue weighted by Gasteiger charge is -2.45. The Morgan fingerprint density at radius 2 is 1.70 bits per heavy atom. The summed E-state index contributed by atoms with van der Waals surface area (Å²) in [5.41, 5.74) is 1.27. The summed E-state index contributed by atoms with van der Waals surface area (Å²) in [7, 11) is 0.296. The zero-order valence-corrected chi connectivity index (χ0v) is 24.0. The van der Waals surface area contributed by atoms with Gasteiger partial charge in [-0.1, -0.05) is 65.1 Å². The highest BCUT2D eigenvalue weighted by atomic mass is 35.5. The van der Waals surface area contributed by atoms with Crippen LogP contribution in [-0.4, -0.2) is 69.5 Å². The van der Waals surface area contributed by atoms with Gasteiger partial charge >= 0.3 is 0 Å². The molecule has 2 aromatic carbocycles. The van der Waals surface area contributed by atoms with E-state index in [0.717, 1.165) is 25.7 Å². The molecule has 7 nitrogen and oxygen atoms in total. The fourth-order valence-electron chi connectivity index (χ4n) is 5.40. The molecule has 1 aliphatic heterocycles. The third kappa shape index (κ3) is 6.27. The van der Waals surface area contributed by atoms with Gasteiger partial charge in [0.25, 0.3) is 0 Å². The van der Waals surface area contributed by atoms with E-state index in [-0.39, 0.29) is 57.1 Å². The molecule has 1 unspecified atom stereocenters. The fraction of sp³-hybridized carbons (Fsp3) is 0.500. The van der Waals surface area contributed by atoms with E-state index in [1.165, 1.54) is 22.0 Å². The topological polar surface area (TPSA) is 79.0 Å². The van der Waals surface area contributed by atoms with Crippen molar-refractivity contribution in [1.82, 2.24) is 14.5 Å². The summed E-state index contributed by atoms with van der Waals surface area (Å²) < 4.78 is 33.3. The average Bonchev–Trinajstić information content (AvgIpc) is 3.33. The summed E-state index contributed by atoms with van der Waals surface area (Å²) in [5, 5.41) is 3.30. The summed E-state index contributed by atoms with van der Waals surface area (Å²) in [5.74, 6) is -0.188. The maximum absolute atomic E-state index is 13.1. The van der Waals surface area contributed by atoms with E-state index in [9.17, 15) is 13.2 Å². The van der Waals surface area contributed by atoms with Gasteiger partial charge in [-0.3, -0.25) is 9.69 Å². The van der Waals surface area contributed by atoms with Gasteiger partial charge in [-0.25, -0.2) is 8.42 Å². The Hall–Kier alpha value is -1.39. The first-order valence-electron chi connectivity index (χ1n) is 12.3. The monoisotopic (exact) mass is 587 g/mol. The Balaban J connectivity index is 1.27. The van der Waals surface area contributed by atoms with E-state index in [4.69, 9.17) is 39.5 Å². The Morgan fingerprint density at radius 1 is 1.08 bits per heavy atom. The summed E-state index contributed by atoms with van der Waals surface area (Å²) in [4.78, 5) is 14.7. The van der Waals surface area contributed by atoms with Gasteiger partial charge in [-0.2, -0.15) is 4.31 Å². The maximum atomic E-state index is 13.1. The average molecular weight is 589 g/mol. The van der Waals surface area contributed by atoms with Crippen molar-refractivity contribution in [2.75, 3.05) is 33.8 Å². The number of hydrogen-bond acceptors (Lipinski definition) is 5. The smallest absolute Gasteiger partial charge is 0.246 e. The molecule has 37 heavy (non-hydrogen) atoms. The number of halogens is 3. The van der Waals surface area contributed by atoms with Gasteiger partial charge in [0.2, 0.25) is 15.9 Å². The zero-order chi connectivity index (χ0) is 26.8. The number of ether oxygens (including phenoxy) is 1. The molecule has 1 N–H and O–H groups in total. The molecule has 1 heterocycles. The SMILES string of the molecule is CN(C)C1(c2ccccc2)CCC(NC(=O)COC2CCN(S(=O)(=O)c3c(Cl)cc(Cl)cc3Cl)C2)CC1. The van der Waals surface area contributed by atoms with E-state index in [1.54, 1.807) is 0 Å². The number of carbonyl (C=O) groups excluding carboxylic acids is 1. The Morgan fingerprint density at radius 3 is 2.30 bits per heavy atom. The van der Waals surface area contributed by atoms with Gasteiger partial charge < -0.3 is 10.1 Å². The molecule has 0 aromatic heterocycles. The van der Waals surface area contributed by atoms with Crippen molar-refractivity contribution in [2.45, 2.75) is 54.7 Å².